The average molecular weight is 246 g/mol. The molecule has 3 heteroatoms. The highest BCUT2D eigenvalue weighted by molar-refractivity contribution is 5.86. The molecule has 3 N–H and O–H groups in total. The lowest BCUT2D eigenvalue weighted by Gasteiger charge is -2.35. The van der Waals surface area contributed by atoms with Gasteiger partial charge in [-0.15, -0.1) is 0 Å². The summed E-state index contributed by atoms with van der Waals surface area (Å²) in [7, 11) is 0. The largest absolute Gasteiger partial charge is 0.350 e. The predicted octanol–water partition coefficient (Wildman–Crippen LogP) is 2.21. The van der Waals surface area contributed by atoms with E-state index in [1.54, 1.807) is 0 Å². The monoisotopic (exact) mass is 246 g/mol. The van der Waals surface area contributed by atoms with Gasteiger partial charge in [-0.25, -0.2) is 0 Å². The Morgan fingerprint density at radius 1 is 1.44 bits per heavy atom. The van der Waals surface area contributed by atoms with Crippen molar-refractivity contribution in [3.63, 3.8) is 0 Å². The van der Waals surface area contributed by atoms with Crippen molar-refractivity contribution in [3.8, 4) is 0 Å². The van der Waals surface area contributed by atoms with Crippen LogP contribution in [0.2, 0.25) is 0 Å². The van der Waals surface area contributed by atoms with Crippen molar-refractivity contribution < 1.29 is 4.79 Å². The quantitative estimate of drug-likeness (QED) is 0.859. The molecule has 0 aromatic heterocycles. The molecule has 3 nitrogen and oxygen atoms in total. The number of carbonyl (C=O) groups is 1. The van der Waals surface area contributed by atoms with E-state index in [1.165, 1.54) is 6.42 Å². The van der Waals surface area contributed by atoms with Crippen molar-refractivity contribution in [2.45, 2.75) is 44.7 Å². The molecule has 1 fully saturated rings. The molecule has 1 aromatic carbocycles. The van der Waals surface area contributed by atoms with Gasteiger partial charge in [0.05, 0.1) is 5.54 Å². The SMILES string of the molecule is CC1CCCC(N)(C(=O)NCc2ccccc2)C1. The first-order valence-electron chi connectivity index (χ1n) is 6.71. The van der Waals surface area contributed by atoms with E-state index in [-0.39, 0.29) is 5.91 Å². The van der Waals surface area contributed by atoms with Crippen LogP contribution in [0, 0.1) is 5.92 Å². The first kappa shape index (κ1) is 13.1. The van der Waals surface area contributed by atoms with E-state index in [9.17, 15) is 4.79 Å². The molecule has 1 aromatic rings. The first-order chi connectivity index (χ1) is 8.60. The minimum absolute atomic E-state index is 0.00194. The number of benzene rings is 1. The number of rotatable bonds is 3. The minimum Gasteiger partial charge on any atom is -0.350 e. The molecule has 18 heavy (non-hydrogen) atoms. The van der Waals surface area contributed by atoms with Gasteiger partial charge < -0.3 is 11.1 Å². The third-order valence-electron chi connectivity index (χ3n) is 3.78. The van der Waals surface area contributed by atoms with Gasteiger partial charge in [0, 0.05) is 6.54 Å². The molecule has 2 unspecified atom stereocenters. The van der Waals surface area contributed by atoms with Crippen LogP contribution in [-0.4, -0.2) is 11.4 Å². The Bertz CT molecular complexity index is 404. The summed E-state index contributed by atoms with van der Waals surface area (Å²) in [6.45, 7) is 2.73. The highest BCUT2D eigenvalue weighted by Crippen LogP contribution is 2.30. The fourth-order valence-electron chi connectivity index (χ4n) is 2.75. The molecule has 0 aliphatic heterocycles. The molecule has 1 amide bonds. The summed E-state index contributed by atoms with van der Waals surface area (Å²) < 4.78 is 0. The van der Waals surface area contributed by atoms with Crippen LogP contribution in [0.1, 0.15) is 38.2 Å². The zero-order valence-corrected chi connectivity index (χ0v) is 11.0. The Morgan fingerprint density at radius 3 is 2.83 bits per heavy atom. The van der Waals surface area contributed by atoms with Gasteiger partial charge >= 0.3 is 0 Å². The molecular formula is C15H22N2O. The Morgan fingerprint density at radius 2 is 2.17 bits per heavy atom. The second-order valence-electron chi connectivity index (χ2n) is 5.53. The normalized spacial score (nSPS) is 27.8. The summed E-state index contributed by atoms with van der Waals surface area (Å²) in [5, 5.41) is 2.97. The minimum atomic E-state index is -0.660. The second-order valence-corrected chi connectivity index (χ2v) is 5.53. The van der Waals surface area contributed by atoms with Crippen LogP contribution in [0.5, 0.6) is 0 Å². The predicted molar refractivity (Wildman–Crippen MR) is 72.8 cm³/mol. The first-order valence-corrected chi connectivity index (χ1v) is 6.71. The molecule has 0 spiro atoms. The topological polar surface area (TPSA) is 55.1 Å². The summed E-state index contributed by atoms with van der Waals surface area (Å²) in [5.41, 5.74) is 6.69. The van der Waals surface area contributed by atoms with Gasteiger partial charge in [0.25, 0.3) is 0 Å². The Balaban J connectivity index is 1.91. The van der Waals surface area contributed by atoms with Crippen molar-refractivity contribution in [1.82, 2.24) is 5.32 Å². The number of amides is 1. The van der Waals surface area contributed by atoms with Crippen molar-refractivity contribution in [2.24, 2.45) is 11.7 Å². The van der Waals surface area contributed by atoms with Crippen LogP contribution in [0.3, 0.4) is 0 Å². The van der Waals surface area contributed by atoms with Crippen LogP contribution in [-0.2, 0) is 11.3 Å². The summed E-state index contributed by atoms with van der Waals surface area (Å²) >= 11 is 0. The lowest BCUT2D eigenvalue weighted by atomic mass is 9.76. The number of nitrogens with one attached hydrogen (secondary N) is 1. The van der Waals surface area contributed by atoms with Crippen molar-refractivity contribution in [3.05, 3.63) is 35.9 Å². The third-order valence-corrected chi connectivity index (χ3v) is 3.78. The van der Waals surface area contributed by atoms with Gasteiger partial charge in [-0.3, -0.25) is 4.79 Å². The third kappa shape index (κ3) is 3.10. The van der Waals surface area contributed by atoms with E-state index in [2.05, 4.69) is 12.2 Å². The highest BCUT2D eigenvalue weighted by atomic mass is 16.2. The van der Waals surface area contributed by atoms with Gasteiger partial charge in [-0.05, 0) is 24.3 Å². The van der Waals surface area contributed by atoms with Gasteiger partial charge in [0.15, 0.2) is 0 Å². The molecule has 2 atom stereocenters. The standard InChI is InChI=1S/C15H22N2O/c1-12-6-5-9-15(16,10-12)14(18)17-11-13-7-3-2-4-8-13/h2-4,7-8,12H,5-6,9-11,16H2,1H3,(H,17,18). The molecule has 0 radical (unpaired) electrons. The Labute approximate surface area is 109 Å². The Hall–Kier alpha value is -1.35. The summed E-state index contributed by atoms with van der Waals surface area (Å²) in [6.07, 6.45) is 3.84. The van der Waals surface area contributed by atoms with E-state index in [0.29, 0.717) is 12.5 Å². The van der Waals surface area contributed by atoms with E-state index in [1.807, 2.05) is 30.3 Å². The van der Waals surface area contributed by atoms with Gasteiger partial charge in [-0.2, -0.15) is 0 Å². The van der Waals surface area contributed by atoms with Crippen LogP contribution in [0.4, 0.5) is 0 Å². The Kier molecular flexibility index (Phi) is 4.02. The molecule has 1 aliphatic carbocycles. The number of hydrogen-bond acceptors (Lipinski definition) is 2. The van der Waals surface area contributed by atoms with Crippen LogP contribution in [0.25, 0.3) is 0 Å². The fourth-order valence-corrected chi connectivity index (χ4v) is 2.75. The van der Waals surface area contributed by atoms with Crippen molar-refractivity contribution >= 4 is 5.91 Å². The maximum absolute atomic E-state index is 12.2. The van der Waals surface area contributed by atoms with Crippen LogP contribution >= 0.6 is 0 Å². The average Bonchev–Trinajstić information content (AvgIpc) is 2.37. The van der Waals surface area contributed by atoms with Crippen LogP contribution < -0.4 is 11.1 Å². The zero-order chi connectivity index (χ0) is 13.0. The van der Waals surface area contributed by atoms with Crippen molar-refractivity contribution in [1.29, 1.82) is 0 Å². The number of hydrogen-bond donors (Lipinski definition) is 2. The van der Waals surface area contributed by atoms with Crippen LogP contribution in [0.15, 0.2) is 30.3 Å². The molecular weight excluding hydrogens is 224 g/mol. The lowest BCUT2D eigenvalue weighted by Crippen LogP contribution is -2.56. The summed E-state index contributed by atoms with van der Waals surface area (Å²) in [4.78, 5) is 12.2. The molecule has 98 valence electrons. The smallest absolute Gasteiger partial charge is 0.240 e. The maximum atomic E-state index is 12.2. The summed E-state index contributed by atoms with van der Waals surface area (Å²) in [6, 6.07) is 9.93. The van der Waals surface area contributed by atoms with Crippen molar-refractivity contribution in [2.75, 3.05) is 0 Å². The van der Waals surface area contributed by atoms with Gasteiger partial charge in [0.1, 0.15) is 0 Å². The molecule has 0 bridgehead atoms. The molecule has 1 saturated carbocycles. The molecule has 0 saturated heterocycles. The molecule has 1 aliphatic rings. The second kappa shape index (κ2) is 5.53. The van der Waals surface area contributed by atoms with E-state index in [0.717, 1.165) is 24.8 Å². The van der Waals surface area contributed by atoms with E-state index in [4.69, 9.17) is 5.73 Å². The van der Waals surface area contributed by atoms with Gasteiger partial charge in [0.2, 0.25) is 5.91 Å². The van der Waals surface area contributed by atoms with Gasteiger partial charge in [-0.1, -0.05) is 50.1 Å². The highest BCUT2D eigenvalue weighted by Gasteiger charge is 2.37. The fraction of sp³-hybridized carbons (Fsp3) is 0.533. The lowest BCUT2D eigenvalue weighted by molar-refractivity contribution is -0.128. The molecule has 0 heterocycles. The van der Waals surface area contributed by atoms with E-state index < -0.39 is 5.54 Å². The summed E-state index contributed by atoms with van der Waals surface area (Å²) in [5.74, 6) is 0.545. The maximum Gasteiger partial charge on any atom is 0.240 e. The number of nitrogens with two attached hydrogens (primary N) is 1. The zero-order valence-electron chi connectivity index (χ0n) is 11.0. The molecule has 2 rings (SSSR count). The van der Waals surface area contributed by atoms with E-state index >= 15 is 0 Å². The number of carbonyl (C=O) groups excluding carboxylic acids is 1.